The third-order valence-electron chi connectivity index (χ3n) is 6.59. The van der Waals surface area contributed by atoms with Gasteiger partial charge in [-0.15, -0.1) is 20.5 Å². The monoisotopic (exact) mass is 586 g/mol. The van der Waals surface area contributed by atoms with Crippen LogP contribution < -0.4 is 0 Å². The molecule has 0 fully saturated rings. The molecule has 0 saturated heterocycles. The number of aromatic amines is 2. The Hall–Kier alpha value is -6.96. The molecule has 0 amide bonds. The summed E-state index contributed by atoms with van der Waals surface area (Å²) < 4.78 is 5.93. The summed E-state index contributed by atoms with van der Waals surface area (Å²) in [6.07, 6.45) is 4.00. The van der Waals surface area contributed by atoms with Gasteiger partial charge in [-0.05, 0) is 27.7 Å². The average molecular weight is 587 g/mol. The fourth-order valence-electron chi connectivity index (χ4n) is 4.43. The number of H-pyrrole nitrogens is 2. The number of nitriles is 1. The molecule has 7 aromatic heterocycles. The van der Waals surface area contributed by atoms with Crippen molar-refractivity contribution in [1.82, 2.24) is 69.2 Å². The summed E-state index contributed by atoms with van der Waals surface area (Å²) in [5.41, 5.74) is 3.59. The standard InChI is InChI=1S/C24H18N20/c1-11-19(23-37-31-13(3)41(23)39-11)33-35-21-15(7-25)8-29-43(21)17-6-18(28-10-27-17)44-22(16(26-5)9-30-44)36-34-20-12(2)40-42-14(4)32-38-24(20)42/h6,8-10,37-38H,1-4H3/b35-33+,36-34+. The molecule has 7 aromatic rings. The second-order valence-electron chi connectivity index (χ2n) is 9.35. The number of nitrogens with zero attached hydrogens (tertiary/aromatic N) is 18. The molecule has 20 heteroatoms. The van der Waals surface area contributed by atoms with Gasteiger partial charge in [0.25, 0.3) is 5.69 Å². The number of aryl methyl sites for hydroxylation is 4. The van der Waals surface area contributed by atoms with Crippen LogP contribution in [0.4, 0.5) is 28.7 Å². The van der Waals surface area contributed by atoms with Crippen LogP contribution in [0, 0.1) is 45.6 Å². The van der Waals surface area contributed by atoms with E-state index in [1.165, 1.54) is 28.1 Å². The van der Waals surface area contributed by atoms with Gasteiger partial charge in [0.2, 0.25) is 0 Å². The van der Waals surface area contributed by atoms with E-state index in [1.54, 1.807) is 42.8 Å². The van der Waals surface area contributed by atoms with E-state index in [-0.39, 0.29) is 34.5 Å². The van der Waals surface area contributed by atoms with Crippen molar-refractivity contribution in [3.05, 3.63) is 64.8 Å². The van der Waals surface area contributed by atoms with Crippen molar-refractivity contribution >= 4 is 40.0 Å². The van der Waals surface area contributed by atoms with E-state index >= 15 is 0 Å². The van der Waals surface area contributed by atoms with Crippen LogP contribution in [0.15, 0.2) is 45.2 Å². The lowest BCUT2D eigenvalue weighted by atomic mass is 10.3. The molecule has 0 saturated carbocycles. The maximum absolute atomic E-state index is 9.74. The minimum atomic E-state index is 0.130. The van der Waals surface area contributed by atoms with Gasteiger partial charge < -0.3 is 0 Å². The van der Waals surface area contributed by atoms with Crippen molar-refractivity contribution in [2.24, 2.45) is 20.5 Å². The first-order valence-corrected chi connectivity index (χ1v) is 12.8. The van der Waals surface area contributed by atoms with Crippen LogP contribution in [0.1, 0.15) is 28.6 Å². The van der Waals surface area contributed by atoms with Gasteiger partial charge in [-0.2, -0.15) is 49.6 Å². The van der Waals surface area contributed by atoms with E-state index in [0.29, 0.717) is 45.7 Å². The van der Waals surface area contributed by atoms with E-state index in [0.717, 1.165) is 0 Å². The lowest BCUT2D eigenvalue weighted by Gasteiger charge is -2.06. The van der Waals surface area contributed by atoms with Crippen LogP contribution in [0.2, 0.25) is 0 Å². The molecular weight excluding hydrogens is 568 g/mol. The zero-order valence-corrected chi connectivity index (χ0v) is 23.4. The fourth-order valence-corrected chi connectivity index (χ4v) is 4.43. The smallest absolute Gasteiger partial charge is 0.252 e. The predicted octanol–water partition coefficient (Wildman–Crippen LogP) is 4.08. The van der Waals surface area contributed by atoms with Gasteiger partial charge in [0.15, 0.2) is 45.9 Å². The van der Waals surface area contributed by atoms with Gasteiger partial charge in [-0.25, -0.2) is 19.5 Å². The average Bonchev–Trinajstić information content (AvgIpc) is 3.87. The summed E-state index contributed by atoms with van der Waals surface area (Å²) >= 11 is 0. The first-order valence-electron chi connectivity index (χ1n) is 12.8. The van der Waals surface area contributed by atoms with Crippen molar-refractivity contribution < 1.29 is 0 Å². The Morgan fingerprint density at radius 2 is 1.34 bits per heavy atom. The topological polar surface area (TPSA) is 231 Å². The van der Waals surface area contributed by atoms with Gasteiger partial charge in [0.05, 0.1) is 30.4 Å². The van der Waals surface area contributed by atoms with E-state index in [9.17, 15) is 5.26 Å². The molecule has 0 radical (unpaired) electrons. The maximum atomic E-state index is 9.74. The minimum Gasteiger partial charge on any atom is -0.258 e. The highest BCUT2D eigenvalue weighted by Gasteiger charge is 2.20. The molecule has 44 heavy (non-hydrogen) atoms. The molecule has 0 aliphatic carbocycles. The van der Waals surface area contributed by atoms with Crippen LogP contribution in [0.3, 0.4) is 0 Å². The molecule has 0 spiro atoms. The summed E-state index contributed by atoms with van der Waals surface area (Å²) in [6, 6.07) is 3.63. The van der Waals surface area contributed by atoms with Crippen LogP contribution in [0.5, 0.6) is 0 Å². The van der Waals surface area contributed by atoms with Crippen molar-refractivity contribution in [2.45, 2.75) is 27.7 Å². The van der Waals surface area contributed by atoms with Gasteiger partial charge in [-0.1, -0.05) is 0 Å². The highest BCUT2D eigenvalue weighted by Crippen LogP contribution is 2.34. The number of rotatable bonds is 6. The Kier molecular flexibility index (Phi) is 5.81. The molecule has 0 aromatic carbocycles. The SMILES string of the molecule is [C-]#[N+]c1cnn(-c2cc(-n3ncc(C#N)c3/N=N/c3c(C)nn4c(C)n[nH]c34)ncn2)c1/N=N/c1c(C)nn2c(C)n[nH]c12. The Labute approximate surface area is 245 Å². The number of nitrogens with one attached hydrogen (secondary N) is 2. The molecular formula is C24H18N20. The zero-order chi connectivity index (χ0) is 30.5. The number of azo groups is 2. The first-order chi connectivity index (χ1) is 21.4. The Balaban J connectivity index is 1.28. The summed E-state index contributed by atoms with van der Waals surface area (Å²) in [5.74, 6) is 2.09. The number of hydrogen-bond acceptors (Lipinski definition) is 13. The lowest BCUT2D eigenvalue weighted by molar-refractivity contribution is 0.798. The highest BCUT2D eigenvalue weighted by molar-refractivity contribution is 5.68. The van der Waals surface area contributed by atoms with E-state index < -0.39 is 0 Å². The van der Waals surface area contributed by atoms with Crippen LogP contribution >= 0.6 is 0 Å². The molecule has 0 aliphatic rings. The normalized spacial score (nSPS) is 11.9. The van der Waals surface area contributed by atoms with E-state index in [2.05, 4.69) is 82.1 Å². The summed E-state index contributed by atoms with van der Waals surface area (Å²) in [6.45, 7) is 14.8. The van der Waals surface area contributed by atoms with Crippen LogP contribution in [0.25, 0.3) is 27.8 Å². The summed E-state index contributed by atoms with van der Waals surface area (Å²) in [7, 11) is 0. The van der Waals surface area contributed by atoms with Crippen molar-refractivity contribution in [2.75, 3.05) is 0 Å². The van der Waals surface area contributed by atoms with Gasteiger partial charge in [0.1, 0.15) is 29.6 Å². The van der Waals surface area contributed by atoms with Gasteiger partial charge >= 0.3 is 0 Å². The Morgan fingerprint density at radius 3 is 1.91 bits per heavy atom. The predicted molar refractivity (Wildman–Crippen MR) is 149 cm³/mol. The van der Waals surface area contributed by atoms with E-state index in [1.807, 2.05) is 0 Å². The van der Waals surface area contributed by atoms with E-state index in [4.69, 9.17) is 6.57 Å². The van der Waals surface area contributed by atoms with Crippen molar-refractivity contribution in [3.63, 3.8) is 0 Å². The molecule has 2 N–H and O–H groups in total. The fraction of sp³-hybridized carbons (Fsp3) is 0.167. The molecule has 7 heterocycles. The maximum Gasteiger partial charge on any atom is 0.252 e. The summed E-state index contributed by atoms with van der Waals surface area (Å²) in [5, 5.41) is 58.6. The molecule has 0 atom stereocenters. The number of fused-ring (bicyclic) bond motifs is 2. The zero-order valence-electron chi connectivity index (χ0n) is 23.4. The highest BCUT2D eigenvalue weighted by atomic mass is 15.4. The number of hydrogen-bond donors (Lipinski definition) is 2. The quantitative estimate of drug-likeness (QED) is 0.211. The first kappa shape index (κ1) is 26.0. The second-order valence-corrected chi connectivity index (χ2v) is 9.35. The van der Waals surface area contributed by atoms with Crippen LogP contribution in [-0.4, -0.2) is 69.2 Å². The largest absolute Gasteiger partial charge is 0.258 e. The third kappa shape index (κ3) is 3.98. The Morgan fingerprint density at radius 1 is 0.795 bits per heavy atom. The summed E-state index contributed by atoms with van der Waals surface area (Å²) in [4.78, 5) is 12.2. The Bertz CT molecular complexity index is 2200. The number of aromatic nitrogens is 14. The van der Waals surface area contributed by atoms with Gasteiger partial charge in [-0.3, -0.25) is 10.2 Å². The minimum absolute atomic E-state index is 0.130. The molecule has 0 unspecified atom stereocenters. The molecule has 214 valence electrons. The molecule has 7 rings (SSSR count). The van der Waals surface area contributed by atoms with Crippen molar-refractivity contribution in [1.29, 1.82) is 5.26 Å². The van der Waals surface area contributed by atoms with Crippen LogP contribution in [-0.2, 0) is 0 Å². The second kappa shape index (κ2) is 9.85. The van der Waals surface area contributed by atoms with Gasteiger partial charge in [0, 0.05) is 6.07 Å². The molecule has 0 aliphatic heterocycles. The molecule has 20 nitrogen and oxygen atoms in total. The molecule has 0 bridgehead atoms. The van der Waals surface area contributed by atoms with Crippen molar-refractivity contribution in [3.8, 4) is 17.7 Å². The lowest BCUT2D eigenvalue weighted by Crippen LogP contribution is -2.05. The third-order valence-corrected chi connectivity index (χ3v) is 6.59.